The Morgan fingerprint density at radius 1 is 1.00 bits per heavy atom. The van der Waals surface area contributed by atoms with Crippen LogP contribution in [0.2, 0.25) is 0 Å². The molecule has 0 radical (unpaired) electrons. The molecule has 1 aliphatic carbocycles. The second-order valence-corrected chi connectivity index (χ2v) is 6.86. The van der Waals surface area contributed by atoms with Crippen LogP contribution in [0.15, 0.2) is 36.4 Å². The minimum atomic E-state index is 0.143. The lowest BCUT2D eigenvalue weighted by Crippen LogP contribution is -2.16. The molecule has 0 amide bonds. The average molecular weight is 303 g/mol. The van der Waals surface area contributed by atoms with Gasteiger partial charge in [-0.3, -0.25) is 0 Å². The fourth-order valence-electron chi connectivity index (χ4n) is 3.39. The van der Waals surface area contributed by atoms with Crippen LogP contribution in [0.4, 0.5) is 0 Å². The van der Waals surface area contributed by atoms with Crippen LogP contribution >= 0.6 is 11.6 Å². The zero-order chi connectivity index (χ0) is 14.8. The molecule has 21 heavy (non-hydrogen) atoms. The van der Waals surface area contributed by atoms with Gasteiger partial charge in [0.2, 0.25) is 0 Å². The van der Waals surface area contributed by atoms with Gasteiger partial charge in [-0.05, 0) is 59.2 Å². The molecule has 2 aromatic carbocycles. The smallest absolute Gasteiger partial charge is 0.119 e. The highest BCUT2D eigenvalue weighted by Crippen LogP contribution is 2.41. The van der Waals surface area contributed by atoms with Gasteiger partial charge in [0.05, 0.1) is 12.5 Å². The predicted octanol–water partition coefficient (Wildman–Crippen LogP) is 5.95. The van der Waals surface area contributed by atoms with Gasteiger partial charge in [0.25, 0.3) is 0 Å². The first-order valence-corrected chi connectivity index (χ1v) is 8.33. The monoisotopic (exact) mass is 302 g/mol. The third kappa shape index (κ3) is 3.18. The molecule has 0 heterocycles. The number of fused-ring (bicyclic) bond motifs is 1. The van der Waals surface area contributed by atoms with Crippen LogP contribution in [0.25, 0.3) is 10.8 Å². The largest absolute Gasteiger partial charge is 0.497 e. The Morgan fingerprint density at radius 2 is 1.67 bits per heavy atom. The van der Waals surface area contributed by atoms with Gasteiger partial charge in [-0.25, -0.2) is 0 Å². The second kappa shape index (κ2) is 6.27. The molecular weight excluding hydrogens is 280 g/mol. The van der Waals surface area contributed by atoms with Gasteiger partial charge in [0, 0.05) is 0 Å². The molecule has 2 aromatic rings. The molecule has 1 saturated carbocycles. The first-order valence-electron chi connectivity index (χ1n) is 7.89. The summed E-state index contributed by atoms with van der Waals surface area (Å²) in [6, 6.07) is 12.8. The van der Waals surface area contributed by atoms with Gasteiger partial charge in [0.1, 0.15) is 5.75 Å². The highest BCUT2D eigenvalue weighted by Gasteiger charge is 2.25. The maximum absolute atomic E-state index is 6.77. The molecule has 1 fully saturated rings. The van der Waals surface area contributed by atoms with E-state index in [1.165, 1.54) is 42.0 Å². The highest BCUT2D eigenvalue weighted by molar-refractivity contribution is 6.21. The molecule has 1 nitrogen and oxygen atoms in total. The topological polar surface area (TPSA) is 9.23 Å². The number of methoxy groups -OCH3 is 1. The Kier molecular flexibility index (Phi) is 4.40. The first-order chi connectivity index (χ1) is 10.2. The van der Waals surface area contributed by atoms with E-state index >= 15 is 0 Å². The highest BCUT2D eigenvalue weighted by atomic mass is 35.5. The maximum atomic E-state index is 6.77. The Morgan fingerprint density at radius 3 is 2.38 bits per heavy atom. The fourth-order valence-corrected chi connectivity index (χ4v) is 3.78. The first kappa shape index (κ1) is 14.7. The fraction of sp³-hybridized carbons (Fsp3) is 0.474. The van der Waals surface area contributed by atoms with Crippen LogP contribution in [-0.2, 0) is 0 Å². The average Bonchev–Trinajstić information content (AvgIpc) is 2.54. The van der Waals surface area contributed by atoms with E-state index in [1.54, 1.807) is 7.11 Å². The van der Waals surface area contributed by atoms with Gasteiger partial charge in [-0.1, -0.05) is 38.0 Å². The predicted molar refractivity (Wildman–Crippen MR) is 90.2 cm³/mol. The number of benzene rings is 2. The van der Waals surface area contributed by atoms with Crippen molar-refractivity contribution in [2.75, 3.05) is 7.11 Å². The SMILES string of the molecule is COc1ccc2cc(C(Cl)C3CCC(C)CC3)ccc2c1. The van der Waals surface area contributed by atoms with Crippen LogP contribution < -0.4 is 4.74 Å². The summed E-state index contributed by atoms with van der Waals surface area (Å²) < 4.78 is 5.28. The zero-order valence-corrected chi connectivity index (χ0v) is 13.6. The summed E-state index contributed by atoms with van der Waals surface area (Å²) in [6.45, 7) is 2.35. The van der Waals surface area contributed by atoms with Crippen molar-refractivity contribution in [2.24, 2.45) is 11.8 Å². The van der Waals surface area contributed by atoms with Crippen molar-refractivity contribution in [1.29, 1.82) is 0 Å². The molecule has 1 atom stereocenters. The number of rotatable bonds is 3. The van der Waals surface area contributed by atoms with E-state index in [0.29, 0.717) is 5.92 Å². The minimum Gasteiger partial charge on any atom is -0.497 e. The van der Waals surface area contributed by atoms with Crippen molar-refractivity contribution in [1.82, 2.24) is 0 Å². The van der Waals surface area contributed by atoms with Gasteiger partial charge >= 0.3 is 0 Å². The standard InChI is InChI=1S/C19H23ClO/c1-13-3-5-14(6-4-13)19(20)17-8-7-16-12-18(21-2)10-9-15(16)11-17/h7-14,19H,3-6H2,1-2H3. The quantitative estimate of drug-likeness (QED) is 0.636. The van der Waals surface area contributed by atoms with Crippen LogP contribution in [0, 0.1) is 11.8 Å². The van der Waals surface area contributed by atoms with Crippen LogP contribution in [0.3, 0.4) is 0 Å². The lowest BCUT2D eigenvalue weighted by atomic mass is 9.79. The molecule has 0 aliphatic heterocycles. The van der Waals surface area contributed by atoms with Gasteiger partial charge in [-0.15, -0.1) is 11.6 Å². The number of alkyl halides is 1. The van der Waals surface area contributed by atoms with E-state index in [0.717, 1.165) is 11.7 Å². The van der Waals surface area contributed by atoms with Crippen molar-refractivity contribution in [3.8, 4) is 5.75 Å². The van der Waals surface area contributed by atoms with E-state index in [-0.39, 0.29) is 5.38 Å². The minimum absolute atomic E-state index is 0.143. The molecule has 3 rings (SSSR count). The summed E-state index contributed by atoms with van der Waals surface area (Å²) >= 11 is 6.77. The number of halogens is 1. The van der Waals surface area contributed by atoms with Crippen molar-refractivity contribution in [2.45, 2.75) is 38.0 Å². The Hall–Kier alpha value is -1.21. The summed E-state index contributed by atoms with van der Waals surface area (Å²) in [4.78, 5) is 0. The van der Waals surface area contributed by atoms with Crippen molar-refractivity contribution in [3.63, 3.8) is 0 Å². The molecule has 0 saturated heterocycles. The molecule has 2 heteroatoms. The molecule has 0 N–H and O–H groups in total. The van der Waals surface area contributed by atoms with E-state index < -0.39 is 0 Å². The van der Waals surface area contributed by atoms with E-state index in [9.17, 15) is 0 Å². The molecule has 1 aliphatic rings. The Labute approximate surface area is 132 Å². The Bertz CT molecular complexity index is 614. The summed E-state index contributed by atoms with van der Waals surface area (Å²) in [5.74, 6) is 2.40. The summed E-state index contributed by atoms with van der Waals surface area (Å²) in [7, 11) is 1.70. The van der Waals surface area contributed by atoms with Crippen LogP contribution in [0.1, 0.15) is 43.5 Å². The number of ether oxygens (including phenoxy) is 1. The van der Waals surface area contributed by atoms with Gasteiger partial charge < -0.3 is 4.74 Å². The zero-order valence-electron chi connectivity index (χ0n) is 12.8. The van der Waals surface area contributed by atoms with Crippen molar-refractivity contribution >= 4 is 22.4 Å². The van der Waals surface area contributed by atoms with E-state index in [1.807, 2.05) is 6.07 Å². The van der Waals surface area contributed by atoms with Crippen LogP contribution in [-0.4, -0.2) is 7.11 Å². The molecule has 0 spiro atoms. The summed E-state index contributed by atoms with van der Waals surface area (Å²) in [5, 5.41) is 2.59. The van der Waals surface area contributed by atoms with Gasteiger partial charge in [0.15, 0.2) is 0 Å². The second-order valence-electron chi connectivity index (χ2n) is 6.39. The maximum Gasteiger partial charge on any atom is 0.119 e. The number of hydrogen-bond acceptors (Lipinski definition) is 1. The summed E-state index contributed by atoms with van der Waals surface area (Å²) in [5.41, 5.74) is 1.26. The molecule has 0 bridgehead atoms. The van der Waals surface area contributed by atoms with Crippen LogP contribution in [0.5, 0.6) is 5.75 Å². The van der Waals surface area contributed by atoms with E-state index in [4.69, 9.17) is 16.3 Å². The molecule has 112 valence electrons. The van der Waals surface area contributed by atoms with E-state index in [2.05, 4.69) is 37.3 Å². The normalized spacial score (nSPS) is 24.0. The molecular formula is C19H23ClO. The van der Waals surface area contributed by atoms with Crippen molar-refractivity contribution in [3.05, 3.63) is 42.0 Å². The molecule has 0 aromatic heterocycles. The van der Waals surface area contributed by atoms with Crippen molar-refractivity contribution < 1.29 is 4.74 Å². The lowest BCUT2D eigenvalue weighted by Gasteiger charge is -2.29. The molecule has 1 unspecified atom stereocenters. The third-order valence-electron chi connectivity index (χ3n) is 4.86. The Balaban J connectivity index is 1.83. The lowest BCUT2D eigenvalue weighted by molar-refractivity contribution is 0.283. The number of hydrogen-bond donors (Lipinski definition) is 0. The summed E-state index contributed by atoms with van der Waals surface area (Å²) in [6.07, 6.45) is 5.16. The third-order valence-corrected chi connectivity index (χ3v) is 5.47. The van der Waals surface area contributed by atoms with Gasteiger partial charge in [-0.2, -0.15) is 0 Å².